The predicted octanol–water partition coefficient (Wildman–Crippen LogP) is 5.86. The number of hydrogen-bond acceptors (Lipinski definition) is 5. The second-order valence-electron chi connectivity index (χ2n) is 8.84. The van der Waals surface area contributed by atoms with Crippen LogP contribution in [0.2, 0.25) is 0 Å². The van der Waals surface area contributed by atoms with E-state index in [1.807, 2.05) is 89.6 Å². The molecule has 2 aromatic heterocycles. The lowest BCUT2D eigenvalue weighted by atomic mass is 10.2. The van der Waals surface area contributed by atoms with Crippen molar-refractivity contribution >= 4 is 33.7 Å². The van der Waals surface area contributed by atoms with Gasteiger partial charge in [0, 0.05) is 46.9 Å². The smallest absolute Gasteiger partial charge is 0.282 e. The Balaban J connectivity index is 1.46. The van der Waals surface area contributed by atoms with Crippen LogP contribution in [0.15, 0.2) is 119 Å². The number of benzene rings is 4. The zero-order valence-corrected chi connectivity index (χ0v) is 20.1. The molecule has 8 heteroatoms. The van der Waals surface area contributed by atoms with E-state index in [0.29, 0.717) is 23.3 Å². The Hall–Kier alpha value is -5.37. The third-order valence-electron chi connectivity index (χ3n) is 6.39. The van der Waals surface area contributed by atoms with Crippen LogP contribution in [-0.2, 0) is 6.54 Å². The Morgan fingerprint density at radius 2 is 1.61 bits per heavy atom. The lowest BCUT2D eigenvalue weighted by molar-refractivity contribution is -0.384. The van der Waals surface area contributed by atoms with Crippen LogP contribution in [0.5, 0.6) is 0 Å². The molecule has 0 spiro atoms. The topological polar surface area (TPSA) is 95.3 Å². The van der Waals surface area contributed by atoms with Gasteiger partial charge in [-0.2, -0.15) is 9.78 Å². The molecule has 0 N–H and O–H groups in total. The summed E-state index contributed by atoms with van der Waals surface area (Å²) in [6, 6.07) is 31.2. The minimum Gasteiger partial charge on any atom is -0.342 e. The Morgan fingerprint density at radius 1 is 0.868 bits per heavy atom. The van der Waals surface area contributed by atoms with Crippen LogP contribution in [0.3, 0.4) is 0 Å². The maximum absolute atomic E-state index is 13.5. The Morgan fingerprint density at radius 3 is 2.42 bits per heavy atom. The van der Waals surface area contributed by atoms with Crippen molar-refractivity contribution in [3.05, 3.63) is 141 Å². The summed E-state index contributed by atoms with van der Waals surface area (Å²) in [6.45, 7) is 0.447. The second kappa shape index (κ2) is 9.59. The fraction of sp³-hybridized carbons (Fsp3) is 0.0333. The fourth-order valence-corrected chi connectivity index (χ4v) is 4.60. The summed E-state index contributed by atoms with van der Waals surface area (Å²) in [4.78, 5) is 29.1. The van der Waals surface area contributed by atoms with Crippen LogP contribution in [0.25, 0.3) is 33.2 Å². The fourth-order valence-electron chi connectivity index (χ4n) is 4.60. The van der Waals surface area contributed by atoms with E-state index < -0.39 is 4.92 Å². The van der Waals surface area contributed by atoms with Crippen LogP contribution >= 0.6 is 0 Å². The van der Waals surface area contributed by atoms with E-state index in [4.69, 9.17) is 4.98 Å². The van der Waals surface area contributed by atoms with Crippen LogP contribution in [-0.4, -0.2) is 25.4 Å². The number of nitro benzene ring substituents is 1. The first-order valence-corrected chi connectivity index (χ1v) is 12.0. The van der Waals surface area contributed by atoms with Gasteiger partial charge in [-0.05, 0) is 23.8 Å². The van der Waals surface area contributed by atoms with Gasteiger partial charge in [0.2, 0.25) is 0 Å². The first kappa shape index (κ1) is 23.1. The number of hydrogen-bond donors (Lipinski definition) is 0. The van der Waals surface area contributed by atoms with Crippen LogP contribution < -0.4 is 5.56 Å². The van der Waals surface area contributed by atoms with Gasteiger partial charge in [-0.25, -0.2) is 4.98 Å². The van der Waals surface area contributed by atoms with E-state index in [0.717, 1.165) is 27.6 Å². The number of rotatable bonds is 6. The summed E-state index contributed by atoms with van der Waals surface area (Å²) in [7, 11) is 0. The molecule has 0 amide bonds. The molecule has 2 heterocycles. The molecular formula is C30H21N5O3. The first-order valence-electron chi connectivity index (χ1n) is 12.0. The highest BCUT2D eigenvalue weighted by Crippen LogP contribution is 2.23. The third kappa shape index (κ3) is 4.24. The number of non-ortho nitro benzene ring substituents is 1. The lowest BCUT2D eigenvalue weighted by Gasteiger charge is -2.09. The van der Waals surface area contributed by atoms with Crippen molar-refractivity contribution in [3.8, 4) is 11.4 Å². The maximum atomic E-state index is 13.5. The molecule has 4 aromatic carbocycles. The monoisotopic (exact) mass is 499 g/mol. The molecule has 0 aliphatic rings. The SMILES string of the molecule is O=c1c2ccccc2nc(-c2ccccc2)n1N=Cc1cn(Cc2cccc([N+](=O)[O-])c2)c2ccccc12. The number of para-hydroxylation sites is 2. The zero-order valence-electron chi connectivity index (χ0n) is 20.1. The molecule has 0 saturated heterocycles. The van der Waals surface area contributed by atoms with Gasteiger partial charge in [0.1, 0.15) is 0 Å². The Bertz CT molecular complexity index is 1900. The summed E-state index contributed by atoms with van der Waals surface area (Å²) in [5.74, 6) is 0.450. The molecule has 0 atom stereocenters. The van der Waals surface area contributed by atoms with Crippen molar-refractivity contribution in [1.29, 1.82) is 0 Å². The molecule has 6 aromatic rings. The zero-order chi connectivity index (χ0) is 26.1. The van der Waals surface area contributed by atoms with Crippen LogP contribution in [0, 0.1) is 10.1 Å². The van der Waals surface area contributed by atoms with Crippen molar-refractivity contribution in [2.45, 2.75) is 6.54 Å². The maximum Gasteiger partial charge on any atom is 0.282 e. The summed E-state index contributed by atoms with van der Waals surface area (Å²) in [6.07, 6.45) is 3.60. The molecular weight excluding hydrogens is 478 g/mol. The summed E-state index contributed by atoms with van der Waals surface area (Å²) in [5.41, 5.74) is 3.75. The van der Waals surface area contributed by atoms with E-state index in [-0.39, 0.29) is 11.2 Å². The Labute approximate surface area is 216 Å². The molecule has 184 valence electrons. The van der Waals surface area contributed by atoms with Crippen molar-refractivity contribution < 1.29 is 4.92 Å². The molecule has 8 nitrogen and oxygen atoms in total. The summed E-state index contributed by atoms with van der Waals surface area (Å²) >= 11 is 0. The molecule has 0 saturated carbocycles. The van der Waals surface area contributed by atoms with Crippen molar-refractivity contribution in [3.63, 3.8) is 0 Å². The van der Waals surface area contributed by atoms with Crippen LogP contribution in [0.1, 0.15) is 11.1 Å². The van der Waals surface area contributed by atoms with Gasteiger partial charge in [0.15, 0.2) is 5.82 Å². The van der Waals surface area contributed by atoms with Crippen molar-refractivity contribution in [2.75, 3.05) is 0 Å². The van der Waals surface area contributed by atoms with E-state index in [2.05, 4.69) is 5.10 Å². The largest absolute Gasteiger partial charge is 0.342 e. The first-order chi connectivity index (χ1) is 18.6. The summed E-state index contributed by atoms with van der Waals surface area (Å²) in [5, 5.41) is 17.3. The quantitative estimate of drug-likeness (QED) is 0.163. The average Bonchev–Trinajstić information content (AvgIpc) is 3.30. The Kier molecular flexibility index (Phi) is 5.82. The minimum absolute atomic E-state index is 0.0531. The van der Waals surface area contributed by atoms with Gasteiger partial charge in [-0.1, -0.05) is 72.8 Å². The van der Waals surface area contributed by atoms with Gasteiger partial charge in [0.05, 0.1) is 22.0 Å². The molecule has 0 aliphatic heterocycles. The highest BCUT2D eigenvalue weighted by molar-refractivity contribution is 5.99. The molecule has 0 aliphatic carbocycles. The van der Waals surface area contributed by atoms with E-state index in [1.165, 1.54) is 10.7 Å². The van der Waals surface area contributed by atoms with Crippen molar-refractivity contribution in [2.24, 2.45) is 5.10 Å². The van der Waals surface area contributed by atoms with Gasteiger partial charge in [-0.15, -0.1) is 0 Å². The van der Waals surface area contributed by atoms with Gasteiger partial charge >= 0.3 is 0 Å². The van der Waals surface area contributed by atoms with E-state index in [1.54, 1.807) is 24.4 Å². The molecule has 6 rings (SSSR count). The van der Waals surface area contributed by atoms with Gasteiger partial charge < -0.3 is 4.57 Å². The van der Waals surface area contributed by atoms with E-state index >= 15 is 0 Å². The minimum atomic E-state index is -0.394. The average molecular weight is 500 g/mol. The number of fused-ring (bicyclic) bond motifs is 2. The van der Waals surface area contributed by atoms with Gasteiger partial charge in [0.25, 0.3) is 11.2 Å². The molecule has 0 fully saturated rings. The van der Waals surface area contributed by atoms with E-state index in [9.17, 15) is 14.9 Å². The normalized spacial score (nSPS) is 11.5. The number of nitro groups is 1. The number of nitrogens with zero attached hydrogens (tertiary/aromatic N) is 5. The molecule has 38 heavy (non-hydrogen) atoms. The summed E-state index contributed by atoms with van der Waals surface area (Å²) < 4.78 is 3.36. The third-order valence-corrected chi connectivity index (χ3v) is 6.39. The standard InChI is InChI=1S/C30H21N5O3/c36-30-26-14-4-6-15-27(26)32-29(22-10-2-1-3-11-22)34(30)31-18-23-20-33(28-16-7-5-13-25(23)28)19-21-9-8-12-24(17-21)35(37)38/h1-18,20H,19H2. The van der Waals surface area contributed by atoms with Crippen molar-refractivity contribution in [1.82, 2.24) is 14.2 Å². The highest BCUT2D eigenvalue weighted by Gasteiger charge is 2.13. The molecule has 0 bridgehead atoms. The molecule has 0 unspecified atom stereocenters. The lowest BCUT2D eigenvalue weighted by Crippen LogP contribution is -2.20. The van der Waals surface area contributed by atoms with Gasteiger partial charge in [-0.3, -0.25) is 14.9 Å². The highest BCUT2D eigenvalue weighted by atomic mass is 16.6. The molecule has 0 radical (unpaired) electrons. The predicted molar refractivity (Wildman–Crippen MR) is 149 cm³/mol. The number of aromatic nitrogens is 3. The van der Waals surface area contributed by atoms with Crippen LogP contribution in [0.4, 0.5) is 5.69 Å². The second-order valence-corrected chi connectivity index (χ2v) is 8.84.